The zero-order valence-electron chi connectivity index (χ0n) is 11.8. The maximum Gasteiger partial charge on any atom is 0.263 e. The number of carbonyl (C=O) groups excluding carboxylic acids is 1. The number of nitrogen functional groups attached to an aromatic ring is 1. The Morgan fingerprint density at radius 3 is 2.80 bits per heavy atom. The van der Waals surface area contributed by atoms with Gasteiger partial charge in [-0.15, -0.1) is 11.3 Å². The van der Waals surface area contributed by atoms with Crippen LogP contribution in [0.1, 0.15) is 48.0 Å². The predicted octanol–water partition coefficient (Wildman–Crippen LogP) is 3.25. The first-order chi connectivity index (χ1) is 9.48. The van der Waals surface area contributed by atoms with Crippen LogP contribution in [-0.4, -0.2) is 16.4 Å². The van der Waals surface area contributed by atoms with Crippen molar-refractivity contribution in [2.45, 2.75) is 45.1 Å². The number of aryl methyl sites for hydroxylation is 1. The molecule has 1 fully saturated rings. The molecule has 2 aromatic heterocycles. The molecule has 1 aliphatic rings. The average Bonchev–Trinajstić information content (AvgIpc) is 2.94. The van der Waals surface area contributed by atoms with Crippen molar-refractivity contribution in [3.05, 3.63) is 22.7 Å². The number of nitrogens with zero attached hydrogens (tertiary/aromatic N) is 1. The number of anilines is 1. The highest BCUT2D eigenvalue weighted by molar-refractivity contribution is 7.21. The highest BCUT2D eigenvalue weighted by Gasteiger charge is 2.31. The smallest absolute Gasteiger partial charge is 0.263 e. The van der Waals surface area contributed by atoms with E-state index in [0.717, 1.165) is 28.8 Å². The van der Waals surface area contributed by atoms with Crippen LogP contribution < -0.4 is 11.1 Å². The van der Waals surface area contributed by atoms with E-state index >= 15 is 0 Å². The van der Waals surface area contributed by atoms with Crippen LogP contribution in [0.4, 0.5) is 5.69 Å². The second-order valence-corrected chi connectivity index (χ2v) is 6.87. The van der Waals surface area contributed by atoms with Gasteiger partial charge in [-0.1, -0.05) is 12.8 Å². The number of hydrogen-bond donors (Lipinski definition) is 2. The van der Waals surface area contributed by atoms with E-state index in [1.54, 1.807) is 0 Å². The summed E-state index contributed by atoms with van der Waals surface area (Å²) in [6.07, 6.45) is 4.45. The van der Waals surface area contributed by atoms with Crippen molar-refractivity contribution in [2.75, 3.05) is 5.73 Å². The standard InChI is InChI=1S/C15H19N3OS/c1-9-5-6-10-11(16)12(20-14(10)17-9)13(19)18-15(2)7-3-4-8-15/h5-6H,3-4,7-8,16H2,1-2H3,(H,18,19). The quantitative estimate of drug-likeness (QED) is 0.891. The zero-order valence-corrected chi connectivity index (χ0v) is 12.6. The molecule has 5 heteroatoms. The van der Waals surface area contributed by atoms with Crippen LogP contribution in [0.3, 0.4) is 0 Å². The maximum atomic E-state index is 12.5. The number of hydrogen-bond acceptors (Lipinski definition) is 4. The number of rotatable bonds is 2. The van der Waals surface area contributed by atoms with Gasteiger partial charge in [0.25, 0.3) is 5.91 Å². The minimum atomic E-state index is -0.0803. The van der Waals surface area contributed by atoms with E-state index in [1.807, 2.05) is 19.1 Å². The number of fused-ring (bicyclic) bond motifs is 1. The summed E-state index contributed by atoms with van der Waals surface area (Å²) in [6.45, 7) is 4.05. The molecule has 4 nitrogen and oxygen atoms in total. The van der Waals surface area contributed by atoms with Crippen LogP contribution in [-0.2, 0) is 0 Å². The van der Waals surface area contributed by atoms with E-state index in [-0.39, 0.29) is 11.4 Å². The molecular formula is C15H19N3OS. The molecule has 2 aromatic rings. The molecule has 0 atom stereocenters. The molecule has 1 saturated carbocycles. The summed E-state index contributed by atoms with van der Waals surface area (Å²) in [4.78, 5) is 18.3. The van der Waals surface area contributed by atoms with Crippen molar-refractivity contribution < 1.29 is 4.79 Å². The summed E-state index contributed by atoms with van der Waals surface area (Å²) in [5.74, 6) is -0.0625. The normalized spacial score (nSPS) is 17.5. The summed E-state index contributed by atoms with van der Waals surface area (Å²) < 4.78 is 0. The fourth-order valence-corrected chi connectivity index (χ4v) is 3.90. The molecule has 3 N–H and O–H groups in total. The number of thiophene rings is 1. The molecule has 0 spiro atoms. The SMILES string of the molecule is Cc1ccc2c(N)c(C(=O)NC3(C)CCCC3)sc2n1. The Hall–Kier alpha value is -1.62. The molecule has 0 bridgehead atoms. The molecule has 1 aliphatic carbocycles. The van der Waals surface area contributed by atoms with Crippen molar-refractivity contribution in [1.82, 2.24) is 10.3 Å². The van der Waals surface area contributed by atoms with E-state index in [9.17, 15) is 4.79 Å². The number of pyridine rings is 1. The highest BCUT2D eigenvalue weighted by Crippen LogP contribution is 2.34. The van der Waals surface area contributed by atoms with Gasteiger partial charge in [-0.25, -0.2) is 4.98 Å². The fourth-order valence-electron chi connectivity index (χ4n) is 2.87. The van der Waals surface area contributed by atoms with Gasteiger partial charge in [0.05, 0.1) is 5.69 Å². The molecule has 1 amide bonds. The lowest BCUT2D eigenvalue weighted by Crippen LogP contribution is -2.43. The number of carbonyl (C=O) groups is 1. The Kier molecular flexibility index (Phi) is 3.17. The van der Waals surface area contributed by atoms with Gasteiger partial charge in [0.1, 0.15) is 9.71 Å². The Labute approximate surface area is 122 Å². The Balaban J connectivity index is 1.93. The summed E-state index contributed by atoms with van der Waals surface area (Å²) >= 11 is 1.38. The lowest BCUT2D eigenvalue weighted by atomic mass is 10.0. The minimum absolute atomic E-state index is 0.0625. The van der Waals surface area contributed by atoms with Crippen LogP contribution in [0.25, 0.3) is 10.2 Å². The van der Waals surface area contributed by atoms with Crippen molar-refractivity contribution >= 4 is 33.1 Å². The third kappa shape index (κ3) is 2.26. The van der Waals surface area contributed by atoms with Crippen LogP contribution >= 0.6 is 11.3 Å². The predicted molar refractivity (Wildman–Crippen MR) is 83.1 cm³/mol. The molecule has 0 unspecified atom stereocenters. The van der Waals surface area contributed by atoms with Crippen LogP contribution in [0.15, 0.2) is 12.1 Å². The third-order valence-electron chi connectivity index (χ3n) is 4.06. The largest absolute Gasteiger partial charge is 0.397 e. The summed E-state index contributed by atoms with van der Waals surface area (Å²) in [5, 5.41) is 4.03. The fraction of sp³-hybridized carbons (Fsp3) is 0.467. The molecule has 2 heterocycles. The van der Waals surface area contributed by atoms with Crippen LogP contribution in [0.2, 0.25) is 0 Å². The van der Waals surface area contributed by atoms with E-state index in [0.29, 0.717) is 10.6 Å². The van der Waals surface area contributed by atoms with E-state index in [2.05, 4.69) is 17.2 Å². The first kappa shape index (κ1) is 13.4. The van der Waals surface area contributed by atoms with Gasteiger partial charge in [0.15, 0.2) is 0 Å². The molecular weight excluding hydrogens is 270 g/mol. The topological polar surface area (TPSA) is 68.0 Å². The maximum absolute atomic E-state index is 12.5. The Bertz CT molecular complexity index is 671. The summed E-state index contributed by atoms with van der Waals surface area (Å²) in [5.41, 5.74) is 7.53. The minimum Gasteiger partial charge on any atom is -0.397 e. The molecule has 20 heavy (non-hydrogen) atoms. The third-order valence-corrected chi connectivity index (χ3v) is 5.18. The highest BCUT2D eigenvalue weighted by atomic mass is 32.1. The lowest BCUT2D eigenvalue weighted by molar-refractivity contribution is 0.0913. The van der Waals surface area contributed by atoms with Gasteiger partial charge >= 0.3 is 0 Å². The van der Waals surface area contributed by atoms with Gasteiger partial charge in [-0.05, 0) is 38.8 Å². The Morgan fingerprint density at radius 2 is 2.10 bits per heavy atom. The second kappa shape index (κ2) is 4.74. The Morgan fingerprint density at radius 1 is 1.40 bits per heavy atom. The van der Waals surface area contributed by atoms with Crippen molar-refractivity contribution in [3.63, 3.8) is 0 Å². The molecule has 0 aromatic carbocycles. The monoisotopic (exact) mass is 289 g/mol. The van der Waals surface area contributed by atoms with E-state index < -0.39 is 0 Å². The van der Waals surface area contributed by atoms with Crippen LogP contribution in [0, 0.1) is 6.92 Å². The summed E-state index contributed by atoms with van der Waals surface area (Å²) in [7, 11) is 0. The summed E-state index contributed by atoms with van der Waals surface area (Å²) in [6, 6.07) is 3.86. The van der Waals surface area contributed by atoms with Gasteiger partial charge in [-0.2, -0.15) is 0 Å². The van der Waals surface area contributed by atoms with Gasteiger partial charge in [-0.3, -0.25) is 4.79 Å². The van der Waals surface area contributed by atoms with E-state index in [1.165, 1.54) is 24.2 Å². The number of amides is 1. The number of aromatic nitrogens is 1. The van der Waals surface area contributed by atoms with Crippen molar-refractivity contribution in [1.29, 1.82) is 0 Å². The second-order valence-electron chi connectivity index (χ2n) is 5.87. The van der Waals surface area contributed by atoms with E-state index in [4.69, 9.17) is 5.73 Å². The molecule has 0 saturated heterocycles. The lowest BCUT2D eigenvalue weighted by Gasteiger charge is -2.24. The van der Waals surface area contributed by atoms with Gasteiger partial charge < -0.3 is 11.1 Å². The first-order valence-corrected chi connectivity index (χ1v) is 7.78. The first-order valence-electron chi connectivity index (χ1n) is 6.97. The molecule has 0 aliphatic heterocycles. The molecule has 106 valence electrons. The number of nitrogens with two attached hydrogens (primary N) is 1. The molecule has 3 rings (SSSR count). The van der Waals surface area contributed by atoms with Crippen LogP contribution in [0.5, 0.6) is 0 Å². The van der Waals surface area contributed by atoms with Gasteiger partial charge in [0, 0.05) is 16.6 Å². The zero-order chi connectivity index (χ0) is 14.3. The van der Waals surface area contributed by atoms with Crippen molar-refractivity contribution in [3.8, 4) is 0 Å². The van der Waals surface area contributed by atoms with Gasteiger partial charge in [0.2, 0.25) is 0 Å². The number of nitrogens with one attached hydrogen (secondary N) is 1. The van der Waals surface area contributed by atoms with Crippen molar-refractivity contribution in [2.24, 2.45) is 0 Å². The molecule has 0 radical (unpaired) electrons. The average molecular weight is 289 g/mol.